The highest BCUT2D eigenvalue weighted by Gasteiger charge is 2.31. The third-order valence-electron chi connectivity index (χ3n) is 4.67. The van der Waals surface area contributed by atoms with Gasteiger partial charge in [0.25, 0.3) is 0 Å². The standard InChI is InChI=1S/C18H24ClN3O/c1-20-8-10-21(11-9-20)12-16-13-22(14-16)18(23)7-4-15-2-5-17(19)6-3-15/h2-7,16H,8-14H2,1H3/b7-4+. The van der Waals surface area contributed by atoms with E-state index in [2.05, 4.69) is 16.8 Å². The topological polar surface area (TPSA) is 26.8 Å². The van der Waals surface area contributed by atoms with Crippen LogP contribution in [0.25, 0.3) is 6.08 Å². The van der Waals surface area contributed by atoms with Gasteiger partial charge in [0.1, 0.15) is 0 Å². The number of carbonyl (C=O) groups excluding carboxylic acids is 1. The molecule has 0 spiro atoms. The van der Waals surface area contributed by atoms with Crippen molar-refractivity contribution in [2.45, 2.75) is 0 Å². The van der Waals surface area contributed by atoms with E-state index in [1.807, 2.05) is 35.2 Å². The number of halogens is 1. The molecule has 2 saturated heterocycles. The van der Waals surface area contributed by atoms with E-state index < -0.39 is 0 Å². The van der Waals surface area contributed by atoms with Crippen LogP contribution in [0.5, 0.6) is 0 Å². The largest absolute Gasteiger partial charge is 0.338 e. The van der Waals surface area contributed by atoms with Gasteiger partial charge in [-0.05, 0) is 30.8 Å². The van der Waals surface area contributed by atoms with Crippen molar-refractivity contribution in [1.29, 1.82) is 0 Å². The van der Waals surface area contributed by atoms with Crippen LogP contribution in [0.2, 0.25) is 5.02 Å². The van der Waals surface area contributed by atoms with Crippen LogP contribution in [0.1, 0.15) is 5.56 Å². The summed E-state index contributed by atoms with van der Waals surface area (Å²) < 4.78 is 0. The maximum atomic E-state index is 12.1. The third kappa shape index (κ3) is 4.56. The van der Waals surface area contributed by atoms with Crippen molar-refractivity contribution >= 4 is 23.6 Å². The highest BCUT2D eigenvalue weighted by Crippen LogP contribution is 2.18. The number of likely N-dealkylation sites (tertiary alicyclic amines) is 1. The molecule has 0 aliphatic carbocycles. The average molecular weight is 334 g/mol. The Hall–Kier alpha value is -1.36. The van der Waals surface area contributed by atoms with E-state index in [4.69, 9.17) is 11.6 Å². The zero-order chi connectivity index (χ0) is 16.2. The fourth-order valence-electron chi connectivity index (χ4n) is 3.11. The number of rotatable bonds is 4. The number of nitrogens with zero attached hydrogens (tertiary/aromatic N) is 3. The van der Waals surface area contributed by atoms with E-state index in [9.17, 15) is 4.79 Å². The summed E-state index contributed by atoms with van der Waals surface area (Å²) in [6.07, 6.45) is 3.52. The van der Waals surface area contributed by atoms with Crippen molar-refractivity contribution in [3.8, 4) is 0 Å². The normalized spacial score (nSPS) is 20.9. The summed E-state index contributed by atoms with van der Waals surface area (Å²) in [5.74, 6) is 0.737. The van der Waals surface area contributed by atoms with Crippen LogP contribution in [0, 0.1) is 5.92 Å². The van der Waals surface area contributed by atoms with Crippen molar-refractivity contribution in [3.63, 3.8) is 0 Å². The van der Waals surface area contributed by atoms with Gasteiger partial charge in [0, 0.05) is 62.8 Å². The molecule has 0 atom stereocenters. The molecule has 2 aliphatic rings. The molecule has 2 heterocycles. The molecule has 5 heteroatoms. The quantitative estimate of drug-likeness (QED) is 0.789. The van der Waals surface area contributed by atoms with Crippen LogP contribution in [0.15, 0.2) is 30.3 Å². The lowest BCUT2D eigenvalue weighted by Crippen LogP contribution is -2.55. The van der Waals surface area contributed by atoms with Gasteiger partial charge in [-0.2, -0.15) is 0 Å². The van der Waals surface area contributed by atoms with Crippen molar-refractivity contribution in [1.82, 2.24) is 14.7 Å². The Morgan fingerprint density at radius 2 is 1.83 bits per heavy atom. The molecule has 3 rings (SSSR count). The van der Waals surface area contributed by atoms with Crippen molar-refractivity contribution in [2.75, 3.05) is 52.9 Å². The van der Waals surface area contributed by atoms with Gasteiger partial charge in [0.2, 0.25) is 5.91 Å². The monoisotopic (exact) mass is 333 g/mol. The van der Waals surface area contributed by atoms with Crippen LogP contribution >= 0.6 is 11.6 Å². The summed E-state index contributed by atoms with van der Waals surface area (Å²) in [5.41, 5.74) is 0.997. The van der Waals surface area contributed by atoms with Gasteiger partial charge >= 0.3 is 0 Å². The molecule has 0 radical (unpaired) electrons. The second kappa shape index (κ2) is 7.47. The third-order valence-corrected chi connectivity index (χ3v) is 4.92. The van der Waals surface area contributed by atoms with E-state index in [0.29, 0.717) is 10.9 Å². The molecule has 23 heavy (non-hydrogen) atoms. The fraction of sp³-hybridized carbons (Fsp3) is 0.500. The van der Waals surface area contributed by atoms with Gasteiger partial charge in [-0.15, -0.1) is 0 Å². The molecule has 0 bridgehead atoms. The minimum atomic E-state index is 0.106. The Morgan fingerprint density at radius 1 is 1.17 bits per heavy atom. The van der Waals surface area contributed by atoms with Gasteiger partial charge < -0.3 is 14.7 Å². The molecular formula is C18H24ClN3O. The van der Waals surface area contributed by atoms with Crippen LogP contribution in [0.3, 0.4) is 0 Å². The molecule has 1 aromatic carbocycles. The van der Waals surface area contributed by atoms with Gasteiger partial charge in [-0.3, -0.25) is 4.79 Å². The number of carbonyl (C=O) groups is 1. The molecule has 1 aromatic rings. The molecule has 2 aliphatic heterocycles. The first-order valence-electron chi connectivity index (χ1n) is 8.23. The van der Waals surface area contributed by atoms with Gasteiger partial charge in [-0.1, -0.05) is 23.7 Å². The number of piperazine rings is 1. The molecule has 2 fully saturated rings. The minimum absolute atomic E-state index is 0.106. The lowest BCUT2D eigenvalue weighted by molar-refractivity contribution is -0.132. The SMILES string of the molecule is CN1CCN(CC2CN(C(=O)/C=C/c3ccc(Cl)cc3)C2)CC1. The first-order chi connectivity index (χ1) is 11.1. The zero-order valence-corrected chi connectivity index (χ0v) is 14.4. The first kappa shape index (κ1) is 16.5. The molecular weight excluding hydrogens is 310 g/mol. The first-order valence-corrected chi connectivity index (χ1v) is 8.61. The smallest absolute Gasteiger partial charge is 0.246 e. The summed E-state index contributed by atoms with van der Waals surface area (Å²) in [7, 11) is 2.17. The molecule has 4 nitrogen and oxygen atoms in total. The van der Waals surface area contributed by atoms with E-state index in [1.165, 1.54) is 0 Å². The maximum absolute atomic E-state index is 12.1. The number of benzene rings is 1. The van der Waals surface area contributed by atoms with Crippen LogP contribution in [0.4, 0.5) is 0 Å². The van der Waals surface area contributed by atoms with Crippen LogP contribution in [-0.2, 0) is 4.79 Å². The van der Waals surface area contributed by atoms with Gasteiger partial charge in [0.05, 0.1) is 0 Å². The Kier molecular flexibility index (Phi) is 5.36. The number of hydrogen-bond donors (Lipinski definition) is 0. The fourth-order valence-corrected chi connectivity index (χ4v) is 3.23. The van der Waals surface area contributed by atoms with Crippen LogP contribution < -0.4 is 0 Å². The molecule has 0 N–H and O–H groups in total. The summed E-state index contributed by atoms with van der Waals surface area (Å²) in [4.78, 5) is 19.0. The van der Waals surface area contributed by atoms with Crippen molar-refractivity contribution in [3.05, 3.63) is 40.9 Å². The Labute approximate surface area is 143 Å². The molecule has 0 unspecified atom stereocenters. The van der Waals surface area contributed by atoms with E-state index >= 15 is 0 Å². The number of amides is 1. The van der Waals surface area contributed by atoms with Crippen molar-refractivity contribution in [2.24, 2.45) is 5.92 Å². The van der Waals surface area contributed by atoms with Crippen LogP contribution in [-0.4, -0.2) is 73.5 Å². The summed E-state index contributed by atoms with van der Waals surface area (Å²) in [5, 5.41) is 0.711. The minimum Gasteiger partial charge on any atom is -0.338 e. The summed E-state index contributed by atoms with van der Waals surface area (Å²) in [6.45, 7) is 7.50. The summed E-state index contributed by atoms with van der Waals surface area (Å²) in [6, 6.07) is 7.50. The van der Waals surface area contributed by atoms with E-state index in [-0.39, 0.29) is 5.91 Å². The number of hydrogen-bond acceptors (Lipinski definition) is 3. The summed E-state index contributed by atoms with van der Waals surface area (Å²) >= 11 is 5.85. The average Bonchev–Trinajstić information content (AvgIpc) is 2.51. The number of likely N-dealkylation sites (N-methyl/N-ethyl adjacent to an activating group) is 1. The van der Waals surface area contributed by atoms with Crippen molar-refractivity contribution < 1.29 is 4.79 Å². The molecule has 124 valence electrons. The van der Waals surface area contributed by atoms with E-state index in [1.54, 1.807) is 6.08 Å². The zero-order valence-electron chi connectivity index (χ0n) is 13.6. The maximum Gasteiger partial charge on any atom is 0.246 e. The highest BCUT2D eigenvalue weighted by atomic mass is 35.5. The lowest BCUT2D eigenvalue weighted by atomic mass is 9.99. The Balaban J connectivity index is 1.40. The molecule has 1 amide bonds. The lowest BCUT2D eigenvalue weighted by Gasteiger charge is -2.42. The second-order valence-corrected chi connectivity index (χ2v) is 7.03. The van der Waals surface area contributed by atoms with E-state index in [0.717, 1.165) is 51.4 Å². The second-order valence-electron chi connectivity index (χ2n) is 6.60. The Morgan fingerprint density at radius 3 is 2.48 bits per heavy atom. The predicted molar refractivity (Wildman–Crippen MR) is 94.5 cm³/mol. The Bertz CT molecular complexity index is 558. The van der Waals surface area contributed by atoms with Gasteiger partial charge in [0.15, 0.2) is 0 Å². The highest BCUT2D eigenvalue weighted by molar-refractivity contribution is 6.30. The predicted octanol–water partition coefficient (Wildman–Crippen LogP) is 2.06. The molecule has 0 aromatic heterocycles. The van der Waals surface area contributed by atoms with Gasteiger partial charge in [-0.25, -0.2) is 0 Å². The molecule has 0 saturated carbocycles.